The average molecular weight is 371 g/mol. The van der Waals surface area contributed by atoms with Gasteiger partial charge < -0.3 is 5.32 Å². The molecule has 0 radical (unpaired) electrons. The van der Waals surface area contributed by atoms with Gasteiger partial charge in [0.1, 0.15) is 17.2 Å². The number of pyridine rings is 1. The first-order chi connectivity index (χ1) is 13.0. The predicted molar refractivity (Wildman–Crippen MR) is 102 cm³/mol. The SMILES string of the molecule is CCCCC(CC)C(=O)Nc1c(-c2ccc(F)c(F)c2)nc2ccccn12. The smallest absolute Gasteiger partial charge is 0.228 e. The molecule has 0 fully saturated rings. The van der Waals surface area contributed by atoms with Crippen LogP contribution in [0.1, 0.15) is 39.5 Å². The molecule has 2 aromatic heterocycles. The van der Waals surface area contributed by atoms with E-state index in [9.17, 15) is 13.6 Å². The number of aromatic nitrogens is 2. The molecule has 3 rings (SSSR count). The van der Waals surface area contributed by atoms with Crippen LogP contribution in [0.2, 0.25) is 0 Å². The van der Waals surface area contributed by atoms with Crippen molar-refractivity contribution in [3.8, 4) is 11.3 Å². The van der Waals surface area contributed by atoms with Gasteiger partial charge in [-0.25, -0.2) is 13.8 Å². The van der Waals surface area contributed by atoms with E-state index < -0.39 is 11.6 Å². The Bertz CT molecular complexity index is 952. The van der Waals surface area contributed by atoms with Crippen LogP contribution < -0.4 is 5.32 Å². The van der Waals surface area contributed by atoms with Crippen LogP contribution in [0.4, 0.5) is 14.6 Å². The molecule has 1 amide bonds. The molecule has 1 N–H and O–H groups in total. The molecule has 142 valence electrons. The quantitative estimate of drug-likeness (QED) is 0.601. The summed E-state index contributed by atoms with van der Waals surface area (Å²) in [5.41, 5.74) is 1.45. The summed E-state index contributed by atoms with van der Waals surface area (Å²) in [4.78, 5) is 17.3. The summed E-state index contributed by atoms with van der Waals surface area (Å²) in [6.45, 7) is 4.08. The fourth-order valence-electron chi connectivity index (χ4n) is 3.15. The van der Waals surface area contributed by atoms with Crippen LogP contribution in [0.15, 0.2) is 42.6 Å². The van der Waals surface area contributed by atoms with Gasteiger partial charge in [0.05, 0.1) is 0 Å². The highest BCUT2D eigenvalue weighted by Crippen LogP contribution is 2.30. The second kappa shape index (κ2) is 8.29. The molecule has 2 heterocycles. The van der Waals surface area contributed by atoms with E-state index in [1.807, 2.05) is 19.1 Å². The lowest BCUT2D eigenvalue weighted by Crippen LogP contribution is -2.23. The minimum absolute atomic E-state index is 0.0829. The number of amides is 1. The van der Waals surface area contributed by atoms with Gasteiger partial charge in [0.25, 0.3) is 0 Å². The van der Waals surface area contributed by atoms with Crippen molar-refractivity contribution in [2.75, 3.05) is 5.32 Å². The lowest BCUT2D eigenvalue weighted by Gasteiger charge is -2.15. The van der Waals surface area contributed by atoms with Crippen LogP contribution in [-0.4, -0.2) is 15.3 Å². The third kappa shape index (κ3) is 3.99. The summed E-state index contributed by atoms with van der Waals surface area (Å²) in [7, 11) is 0. The van der Waals surface area contributed by atoms with E-state index in [0.717, 1.165) is 37.8 Å². The lowest BCUT2D eigenvalue weighted by atomic mass is 9.98. The highest BCUT2D eigenvalue weighted by atomic mass is 19.2. The van der Waals surface area contributed by atoms with Crippen molar-refractivity contribution in [1.82, 2.24) is 9.38 Å². The molecule has 27 heavy (non-hydrogen) atoms. The molecule has 1 aromatic carbocycles. The number of benzene rings is 1. The van der Waals surface area contributed by atoms with Crippen molar-refractivity contribution in [3.63, 3.8) is 0 Å². The minimum Gasteiger partial charge on any atom is -0.310 e. The van der Waals surface area contributed by atoms with E-state index in [0.29, 0.717) is 22.7 Å². The first kappa shape index (κ1) is 19.0. The first-order valence-corrected chi connectivity index (χ1v) is 9.28. The van der Waals surface area contributed by atoms with Gasteiger partial charge >= 0.3 is 0 Å². The van der Waals surface area contributed by atoms with Gasteiger partial charge in [-0.2, -0.15) is 0 Å². The fraction of sp³-hybridized carbons (Fsp3) is 0.333. The number of imidazole rings is 1. The number of unbranched alkanes of at least 4 members (excludes halogenated alkanes) is 1. The Hall–Kier alpha value is -2.76. The van der Waals surface area contributed by atoms with Gasteiger partial charge in [-0.15, -0.1) is 0 Å². The topological polar surface area (TPSA) is 46.4 Å². The molecule has 3 aromatic rings. The minimum atomic E-state index is -0.948. The normalized spacial score (nSPS) is 12.3. The number of hydrogen-bond acceptors (Lipinski definition) is 2. The summed E-state index contributed by atoms with van der Waals surface area (Å²) < 4.78 is 28.8. The van der Waals surface area contributed by atoms with Crippen LogP contribution >= 0.6 is 0 Å². The second-order valence-electron chi connectivity index (χ2n) is 6.60. The van der Waals surface area contributed by atoms with Crippen LogP contribution in [0.5, 0.6) is 0 Å². The number of rotatable bonds is 7. The van der Waals surface area contributed by atoms with E-state index >= 15 is 0 Å². The Morgan fingerprint density at radius 3 is 2.70 bits per heavy atom. The third-order valence-corrected chi connectivity index (χ3v) is 4.73. The standard InChI is InChI=1S/C21H23F2N3O/c1-3-5-8-14(4-2)21(27)25-20-19(15-10-11-16(22)17(23)13-15)24-18-9-6-7-12-26(18)20/h6-7,9-14H,3-5,8H2,1-2H3,(H,25,27). The Morgan fingerprint density at radius 1 is 1.19 bits per heavy atom. The van der Waals surface area contributed by atoms with Crippen molar-refractivity contribution in [2.24, 2.45) is 5.92 Å². The van der Waals surface area contributed by atoms with Crippen molar-refractivity contribution in [3.05, 3.63) is 54.2 Å². The molecule has 1 atom stereocenters. The van der Waals surface area contributed by atoms with E-state index in [-0.39, 0.29) is 11.8 Å². The zero-order chi connectivity index (χ0) is 19.4. The van der Waals surface area contributed by atoms with Gasteiger partial charge in [-0.3, -0.25) is 9.20 Å². The van der Waals surface area contributed by atoms with Gasteiger partial charge in [0.15, 0.2) is 11.6 Å². The molecule has 4 nitrogen and oxygen atoms in total. The maximum Gasteiger partial charge on any atom is 0.228 e. The molecule has 6 heteroatoms. The summed E-state index contributed by atoms with van der Waals surface area (Å²) in [5, 5.41) is 2.97. The molecule has 0 aliphatic rings. The van der Waals surface area contributed by atoms with Crippen LogP contribution in [0.3, 0.4) is 0 Å². The van der Waals surface area contributed by atoms with Crippen molar-refractivity contribution in [2.45, 2.75) is 39.5 Å². The zero-order valence-corrected chi connectivity index (χ0v) is 15.5. The molecule has 0 saturated carbocycles. The average Bonchev–Trinajstić information content (AvgIpc) is 3.03. The Morgan fingerprint density at radius 2 is 2.00 bits per heavy atom. The molecular weight excluding hydrogens is 348 g/mol. The number of nitrogens with zero attached hydrogens (tertiary/aromatic N) is 2. The van der Waals surface area contributed by atoms with Gasteiger partial charge in [-0.05, 0) is 43.2 Å². The van der Waals surface area contributed by atoms with Crippen molar-refractivity contribution >= 4 is 17.4 Å². The zero-order valence-electron chi connectivity index (χ0n) is 15.5. The molecule has 0 bridgehead atoms. The summed E-state index contributed by atoms with van der Waals surface area (Å²) in [5.74, 6) is -1.58. The fourth-order valence-corrected chi connectivity index (χ4v) is 3.15. The second-order valence-corrected chi connectivity index (χ2v) is 6.60. The Balaban J connectivity index is 2.02. The largest absolute Gasteiger partial charge is 0.310 e. The number of carbonyl (C=O) groups excluding carboxylic acids is 1. The molecule has 0 aliphatic heterocycles. The van der Waals surface area contributed by atoms with Crippen molar-refractivity contribution < 1.29 is 13.6 Å². The van der Waals surface area contributed by atoms with Crippen LogP contribution in [-0.2, 0) is 4.79 Å². The highest BCUT2D eigenvalue weighted by Gasteiger charge is 2.21. The Labute approximate surface area is 157 Å². The molecule has 0 spiro atoms. The number of hydrogen-bond donors (Lipinski definition) is 1. The maximum absolute atomic E-state index is 13.7. The maximum atomic E-state index is 13.7. The van der Waals surface area contributed by atoms with E-state index in [1.54, 1.807) is 16.7 Å². The molecule has 1 unspecified atom stereocenters. The van der Waals surface area contributed by atoms with E-state index in [2.05, 4.69) is 17.2 Å². The molecule has 0 saturated heterocycles. The number of nitrogens with one attached hydrogen (secondary N) is 1. The molecule has 0 aliphatic carbocycles. The number of halogens is 2. The molecular formula is C21H23F2N3O. The highest BCUT2D eigenvalue weighted by molar-refractivity contribution is 5.96. The summed E-state index contributed by atoms with van der Waals surface area (Å²) >= 11 is 0. The van der Waals surface area contributed by atoms with E-state index in [4.69, 9.17) is 0 Å². The number of carbonyl (C=O) groups is 1. The number of anilines is 1. The van der Waals surface area contributed by atoms with Crippen LogP contribution in [0.25, 0.3) is 16.9 Å². The lowest BCUT2D eigenvalue weighted by molar-refractivity contribution is -0.120. The van der Waals surface area contributed by atoms with Gasteiger partial charge in [-0.1, -0.05) is 32.8 Å². The monoisotopic (exact) mass is 371 g/mol. The predicted octanol–water partition coefficient (Wildman–Crippen LogP) is 5.43. The Kier molecular flexibility index (Phi) is 5.84. The summed E-state index contributed by atoms with van der Waals surface area (Å²) in [6, 6.07) is 9.09. The summed E-state index contributed by atoms with van der Waals surface area (Å²) in [6.07, 6.45) is 5.35. The van der Waals surface area contributed by atoms with E-state index in [1.165, 1.54) is 6.07 Å². The number of fused-ring (bicyclic) bond motifs is 1. The van der Waals surface area contributed by atoms with Gasteiger partial charge in [0.2, 0.25) is 5.91 Å². The van der Waals surface area contributed by atoms with Gasteiger partial charge in [0, 0.05) is 17.7 Å². The van der Waals surface area contributed by atoms with Crippen molar-refractivity contribution in [1.29, 1.82) is 0 Å². The van der Waals surface area contributed by atoms with Crippen LogP contribution in [0, 0.1) is 17.6 Å². The third-order valence-electron chi connectivity index (χ3n) is 4.73. The first-order valence-electron chi connectivity index (χ1n) is 9.28.